The topological polar surface area (TPSA) is 0 Å². The van der Waals surface area contributed by atoms with E-state index in [4.69, 9.17) is 0 Å². The molecule has 0 unspecified atom stereocenters. The van der Waals surface area contributed by atoms with Gasteiger partial charge in [0.2, 0.25) is 0 Å². The van der Waals surface area contributed by atoms with Crippen molar-refractivity contribution in [3.05, 3.63) is 64.6 Å². The second-order valence-corrected chi connectivity index (χ2v) is 5.52. The number of hydrogen-bond acceptors (Lipinski definition) is 2. The lowest BCUT2D eigenvalue weighted by atomic mass is 9.93. The maximum Gasteiger partial charge on any atom is 0.0209 e. The van der Waals surface area contributed by atoms with Crippen LogP contribution in [-0.4, -0.2) is 0 Å². The molecule has 1 aliphatic rings. The van der Waals surface area contributed by atoms with Crippen molar-refractivity contribution in [3.8, 4) is 11.1 Å². The van der Waals surface area contributed by atoms with Gasteiger partial charge in [0.05, 0.1) is 0 Å². The molecule has 18 heavy (non-hydrogen) atoms. The maximum absolute atomic E-state index is 4.60. The fourth-order valence-corrected chi connectivity index (χ4v) is 2.90. The lowest BCUT2D eigenvalue weighted by Crippen LogP contribution is -1.99. The number of hydrogen-bond donors (Lipinski definition) is 2. The number of aryl methyl sites for hydroxylation is 1. The van der Waals surface area contributed by atoms with E-state index in [2.05, 4.69) is 67.7 Å². The molecule has 0 atom stereocenters. The van der Waals surface area contributed by atoms with Gasteiger partial charge >= 0.3 is 0 Å². The molecular formula is C16H14S2. The van der Waals surface area contributed by atoms with E-state index >= 15 is 0 Å². The molecule has 3 rings (SSSR count). The van der Waals surface area contributed by atoms with E-state index < -0.39 is 0 Å². The molecular weight excluding hydrogens is 256 g/mol. The summed E-state index contributed by atoms with van der Waals surface area (Å²) in [6.07, 6.45) is 2.06. The predicted molar refractivity (Wildman–Crippen MR) is 85.1 cm³/mol. The molecule has 0 bridgehead atoms. The molecule has 2 aromatic rings. The Morgan fingerprint density at radius 3 is 2.33 bits per heavy atom. The van der Waals surface area contributed by atoms with Gasteiger partial charge in [0.15, 0.2) is 0 Å². The summed E-state index contributed by atoms with van der Waals surface area (Å²) in [5, 5.41) is 0. The molecule has 0 N–H and O–H groups in total. The molecule has 0 spiro atoms. The minimum Gasteiger partial charge on any atom is -0.147 e. The maximum atomic E-state index is 4.60. The molecule has 0 aliphatic heterocycles. The Morgan fingerprint density at radius 1 is 0.778 bits per heavy atom. The Kier molecular flexibility index (Phi) is 3.23. The molecule has 0 aromatic heterocycles. The van der Waals surface area contributed by atoms with Gasteiger partial charge in [-0.25, -0.2) is 0 Å². The molecule has 0 saturated carbocycles. The zero-order valence-corrected chi connectivity index (χ0v) is 11.7. The van der Waals surface area contributed by atoms with E-state index in [1.165, 1.54) is 22.3 Å². The van der Waals surface area contributed by atoms with E-state index in [0.717, 1.165) is 22.7 Å². The van der Waals surface area contributed by atoms with E-state index in [9.17, 15) is 0 Å². The lowest BCUT2D eigenvalue weighted by molar-refractivity contribution is 0.973. The highest BCUT2D eigenvalue weighted by molar-refractivity contribution is 7.93. The average molecular weight is 270 g/mol. The van der Waals surface area contributed by atoms with Crippen molar-refractivity contribution in [2.75, 3.05) is 0 Å². The Bertz CT molecular complexity index is 612. The van der Waals surface area contributed by atoms with Crippen LogP contribution in [-0.2, 0) is 6.42 Å². The van der Waals surface area contributed by atoms with Crippen molar-refractivity contribution < 1.29 is 0 Å². The Hall–Kier alpha value is -1.12. The van der Waals surface area contributed by atoms with Gasteiger partial charge in [-0.2, -0.15) is 0 Å². The van der Waals surface area contributed by atoms with E-state index in [1.54, 1.807) is 0 Å². The van der Waals surface area contributed by atoms with Crippen LogP contribution in [0.2, 0.25) is 0 Å². The Labute approximate surface area is 119 Å². The standard InChI is InChI=1S/C16H14S2/c17-15-9-8-12-6-7-13(10-14(12)16(15)18)11-4-2-1-3-5-11/h1-7,10,17-18H,8-9H2. The van der Waals surface area contributed by atoms with E-state index in [1.807, 2.05) is 6.07 Å². The average Bonchev–Trinajstić information content (AvgIpc) is 2.44. The van der Waals surface area contributed by atoms with Crippen LogP contribution in [0, 0.1) is 0 Å². The van der Waals surface area contributed by atoms with Crippen molar-refractivity contribution in [3.63, 3.8) is 0 Å². The molecule has 90 valence electrons. The number of fused-ring (bicyclic) bond motifs is 1. The van der Waals surface area contributed by atoms with Gasteiger partial charge in [0.25, 0.3) is 0 Å². The van der Waals surface area contributed by atoms with Crippen LogP contribution in [0.25, 0.3) is 16.0 Å². The number of allylic oxidation sites excluding steroid dienone is 1. The van der Waals surface area contributed by atoms with Crippen molar-refractivity contribution in [2.24, 2.45) is 0 Å². The monoisotopic (exact) mass is 270 g/mol. The molecule has 2 aromatic carbocycles. The molecule has 0 nitrogen and oxygen atoms in total. The van der Waals surface area contributed by atoms with Crippen molar-refractivity contribution in [1.82, 2.24) is 0 Å². The summed E-state index contributed by atoms with van der Waals surface area (Å²) in [4.78, 5) is 2.12. The summed E-state index contributed by atoms with van der Waals surface area (Å²) in [6.45, 7) is 0. The Morgan fingerprint density at radius 2 is 1.56 bits per heavy atom. The minimum atomic E-state index is 1.000. The van der Waals surface area contributed by atoms with Gasteiger partial charge in [0, 0.05) is 4.91 Å². The summed E-state index contributed by atoms with van der Waals surface area (Å²) >= 11 is 9.10. The molecule has 0 fully saturated rings. The minimum absolute atomic E-state index is 1.000. The van der Waals surface area contributed by atoms with Gasteiger partial charge in [-0.1, -0.05) is 42.5 Å². The highest BCUT2D eigenvalue weighted by Crippen LogP contribution is 2.37. The van der Waals surface area contributed by atoms with E-state index in [-0.39, 0.29) is 0 Å². The van der Waals surface area contributed by atoms with Crippen LogP contribution >= 0.6 is 25.3 Å². The quantitative estimate of drug-likeness (QED) is 0.681. The molecule has 0 radical (unpaired) electrons. The highest BCUT2D eigenvalue weighted by atomic mass is 32.1. The molecule has 0 heterocycles. The van der Waals surface area contributed by atoms with Crippen molar-refractivity contribution in [2.45, 2.75) is 12.8 Å². The third-order valence-electron chi connectivity index (χ3n) is 3.38. The Balaban J connectivity index is 2.13. The number of benzene rings is 2. The normalized spacial score (nSPS) is 14.6. The summed E-state index contributed by atoms with van der Waals surface area (Å²) < 4.78 is 0. The van der Waals surface area contributed by atoms with Crippen LogP contribution < -0.4 is 0 Å². The molecule has 0 amide bonds. The van der Waals surface area contributed by atoms with Gasteiger partial charge in [-0.15, -0.1) is 25.3 Å². The highest BCUT2D eigenvalue weighted by Gasteiger charge is 2.15. The predicted octanol–water partition coefficient (Wildman–Crippen LogP) is 4.83. The van der Waals surface area contributed by atoms with Gasteiger partial charge in [0.1, 0.15) is 0 Å². The van der Waals surface area contributed by atoms with Gasteiger partial charge < -0.3 is 0 Å². The third kappa shape index (κ3) is 2.11. The first-order valence-corrected chi connectivity index (χ1v) is 6.95. The molecule has 1 aliphatic carbocycles. The van der Waals surface area contributed by atoms with Crippen LogP contribution in [0.1, 0.15) is 17.5 Å². The zero-order chi connectivity index (χ0) is 12.5. The van der Waals surface area contributed by atoms with Crippen LogP contribution in [0.4, 0.5) is 0 Å². The number of thiol groups is 2. The van der Waals surface area contributed by atoms with E-state index in [0.29, 0.717) is 0 Å². The summed E-state index contributed by atoms with van der Waals surface area (Å²) in [7, 11) is 0. The first-order valence-electron chi connectivity index (χ1n) is 6.05. The van der Waals surface area contributed by atoms with Crippen LogP contribution in [0.3, 0.4) is 0 Å². The van der Waals surface area contributed by atoms with Crippen LogP contribution in [0.5, 0.6) is 0 Å². The summed E-state index contributed by atoms with van der Waals surface area (Å²) in [5.41, 5.74) is 5.09. The smallest absolute Gasteiger partial charge is 0.0209 e. The first kappa shape index (κ1) is 11.9. The summed E-state index contributed by atoms with van der Waals surface area (Å²) in [6, 6.07) is 17.1. The van der Waals surface area contributed by atoms with Crippen LogP contribution in [0.15, 0.2) is 53.4 Å². The SMILES string of the molecule is SC1=C(S)c2cc(-c3ccccc3)ccc2CC1. The van der Waals surface area contributed by atoms with Gasteiger partial charge in [-0.3, -0.25) is 0 Å². The number of rotatable bonds is 1. The summed E-state index contributed by atoms with van der Waals surface area (Å²) in [5.74, 6) is 0. The lowest BCUT2D eigenvalue weighted by Gasteiger charge is -2.18. The van der Waals surface area contributed by atoms with Crippen molar-refractivity contribution in [1.29, 1.82) is 0 Å². The van der Waals surface area contributed by atoms with Gasteiger partial charge in [-0.05, 0) is 46.1 Å². The third-order valence-corrected chi connectivity index (χ3v) is 4.51. The fraction of sp³-hybridized carbons (Fsp3) is 0.125. The van der Waals surface area contributed by atoms with Crippen molar-refractivity contribution >= 4 is 30.2 Å². The second kappa shape index (κ2) is 4.87. The second-order valence-electron chi connectivity index (χ2n) is 4.53. The fourth-order valence-electron chi connectivity index (χ4n) is 2.35. The zero-order valence-electron chi connectivity index (χ0n) is 9.93. The largest absolute Gasteiger partial charge is 0.147 e. The molecule has 2 heteroatoms. The first-order chi connectivity index (χ1) is 8.75. The molecule has 0 saturated heterocycles.